The van der Waals surface area contributed by atoms with E-state index in [1.54, 1.807) is 37.3 Å². The molecule has 30 heavy (non-hydrogen) atoms. The lowest BCUT2D eigenvalue weighted by Crippen LogP contribution is -2.40. The predicted molar refractivity (Wildman–Crippen MR) is 97.6 cm³/mol. The Hall–Kier alpha value is -3.69. The molecule has 4 rings (SSSR count). The zero-order valence-electron chi connectivity index (χ0n) is 15.6. The van der Waals surface area contributed by atoms with Crippen LogP contribution in [0.15, 0.2) is 59.1 Å². The molecule has 10 heteroatoms. The Morgan fingerprint density at radius 1 is 1.07 bits per heavy atom. The van der Waals surface area contributed by atoms with E-state index in [9.17, 15) is 22.8 Å². The van der Waals surface area contributed by atoms with Crippen molar-refractivity contribution in [2.45, 2.75) is 25.2 Å². The summed E-state index contributed by atoms with van der Waals surface area (Å²) in [6, 6.07) is 12.4. The number of amides is 3. The molecule has 1 atom stereocenters. The SMILES string of the molecule is CC1(c2ccccc2)NC(=O)N(Cc2nc(-c3ccc(C(F)(F)F)cc3)no2)C1=O. The Kier molecular flexibility index (Phi) is 4.56. The van der Waals surface area contributed by atoms with Crippen molar-refractivity contribution in [2.24, 2.45) is 0 Å². The topological polar surface area (TPSA) is 88.3 Å². The highest BCUT2D eigenvalue weighted by atomic mass is 19.4. The van der Waals surface area contributed by atoms with Gasteiger partial charge in [-0.25, -0.2) is 4.79 Å². The fourth-order valence-electron chi connectivity index (χ4n) is 3.19. The van der Waals surface area contributed by atoms with Crippen LogP contribution in [0.5, 0.6) is 0 Å². The van der Waals surface area contributed by atoms with Gasteiger partial charge in [0.05, 0.1) is 5.56 Å². The van der Waals surface area contributed by atoms with Crippen LogP contribution in [0.1, 0.15) is 23.9 Å². The first-order valence-electron chi connectivity index (χ1n) is 8.88. The predicted octanol–water partition coefficient (Wildman–Crippen LogP) is 3.72. The molecule has 1 saturated heterocycles. The number of urea groups is 1. The highest BCUT2D eigenvalue weighted by molar-refractivity contribution is 6.07. The smallest absolute Gasteiger partial charge is 0.337 e. The van der Waals surface area contributed by atoms with Crippen molar-refractivity contribution in [2.75, 3.05) is 0 Å². The molecule has 3 amide bonds. The third kappa shape index (κ3) is 3.40. The minimum atomic E-state index is -4.45. The van der Waals surface area contributed by atoms with Crippen LogP contribution in [0.3, 0.4) is 0 Å². The number of rotatable bonds is 4. The summed E-state index contributed by atoms with van der Waals surface area (Å²) in [6.45, 7) is 1.34. The van der Waals surface area contributed by atoms with Crippen LogP contribution in [0.2, 0.25) is 0 Å². The molecule has 0 radical (unpaired) electrons. The number of nitrogens with one attached hydrogen (secondary N) is 1. The molecule has 7 nitrogen and oxygen atoms in total. The van der Waals surface area contributed by atoms with Crippen LogP contribution in [-0.2, 0) is 23.1 Å². The number of aromatic nitrogens is 2. The maximum atomic E-state index is 12.9. The summed E-state index contributed by atoms with van der Waals surface area (Å²) in [7, 11) is 0. The lowest BCUT2D eigenvalue weighted by atomic mass is 9.92. The second-order valence-electron chi connectivity index (χ2n) is 6.90. The zero-order valence-corrected chi connectivity index (χ0v) is 15.6. The molecule has 1 aromatic heterocycles. The van der Waals surface area contributed by atoms with Gasteiger partial charge >= 0.3 is 12.2 Å². The first-order valence-corrected chi connectivity index (χ1v) is 8.88. The first kappa shape index (κ1) is 19.6. The minimum Gasteiger partial charge on any atom is -0.337 e. The van der Waals surface area contributed by atoms with Crippen molar-refractivity contribution in [1.29, 1.82) is 0 Å². The summed E-state index contributed by atoms with van der Waals surface area (Å²) in [5.74, 6) is -0.449. The van der Waals surface area contributed by atoms with Crippen LogP contribution >= 0.6 is 0 Å². The third-order valence-corrected chi connectivity index (χ3v) is 4.86. The van der Waals surface area contributed by atoms with Gasteiger partial charge in [-0.05, 0) is 24.6 Å². The number of alkyl halides is 3. The summed E-state index contributed by atoms with van der Waals surface area (Å²) < 4.78 is 43.2. The van der Waals surface area contributed by atoms with Crippen LogP contribution in [0.4, 0.5) is 18.0 Å². The van der Waals surface area contributed by atoms with Gasteiger partial charge in [-0.3, -0.25) is 9.69 Å². The summed E-state index contributed by atoms with van der Waals surface area (Å²) in [6.07, 6.45) is -4.45. The Balaban J connectivity index is 1.53. The Morgan fingerprint density at radius 2 is 1.73 bits per heavy atom. The van der Waals surface area contributed by atoms with Gasteiger partial charge in [0.2, 0.25) is 11.7 Å². The number of halogens is 3. The fourth-order valence-corrected chi connectivity index (χ4v) is 3.19. The number of nitrogens with zero attached hydrogens (tertiary/aromatic N) is 3. The van der Waals surface area contributed by atoms with Crippen molar-refractivity contribution in [3.8, 4) is 11.4 Å². The fraction of sp³-hybridized carbons (Fsp3) is 0.200. The molecule has 0 bridgehead atoms. The Morgan fingerprint density at radius 3 is 2.37 bits per heavy atom. The van der Waals surface area contributed by atoms with Crippen LogP contribution < -0.4 is 5.32 Å². The van der Waals surface area contributed by atoms with E-state index in [4.69, 9.17) is 4.52 Å². The van der Waals surface area contributed by atoms with E-state index in [1.807, 2.05) is 0 Å². The second-order valence-corrected chi connectivity index (χ2v) is 6.90. The number of hydrogen-bond donors (Lipinski definition) is 1. The molecule has 0 spiro atoms. The highest BCUT2D eigenvalue weighted by Gasteiger charge is 2.49. The van der Waals surface area contributed by atoms with E-state index in [2.05, 4.69) is 15.5 Å². The molecule has 0 saturated carbocycles. The zero-order chi connectivity index (χ0) is 21.5. The molecular weight excluding hydrogens is 401 g/mol. The average molecular weight is 416 g/mol. The Labute approximate surface area is 168 Å². The summed E-state index contributed by atoms with van der Waals surface area (Å²) in [5.41, 5.74) is -1.09. The number of carbonyl (C=O) groups excluding carboxylic acids is 2. The molecule has 1 N–H and O–H groups in total. The standard InChI is InChI=1S/C20H15F3N4O3/c1-19(13-5-3-2-4-6-13)17(28)27(18(29)25-19)11-15-24-16(26-30-15)12-7-9-14(10-8-12)20(21,22)23/h2-10H,11H2,1H3,(H,25,29). The highest BCUT2D eigenvalue weighted by Crippen LogP contribution is 2.31. The van der Waals surface area contributed by atoms with Gasteiger partial charge < -0.3 is 9.84 Å². The monoisotopic (exact) mass is 416 g/mol. The van der Waals surface area contributed by atoms with Gasteiger partial charge in [0, 0.05) is 5.56 Å². The van der Waals surface area contributed by atoms with E-state index in [-0.39, 0.29) is 18.3 Å². The molecule has 1 fully saturated rings. The molecule has 1 aliphatic rings. The number of imide groups is 1. The van der Waals surface area contributed by atoms with E-state index in [0.29, 0.717) is 11.1 Å². The molecule has 154 valence electrons. The quantitative estimate of drug-likeness (QED) is 0.655. The lowest BCUT2D eigenvalue weighted by Gasteiger charge is -2.21. The molecule has 1 unspecified atom stereocenters. The van der Waals surface area contributed by atoms with Crippen molar-refractivity contribution < 1.29 is 27.3 Å². The molecule has 3 aromatic rings. The van der Waals surface area contributed by atoms with Crippen molar-refractivity contribution in [3.63, 3.8) is 0 Å². The van der Waals surface area contributed by atoms with Gasteiger partial charge in [0.1, 0.15) is 12.1 Å². The van der Waals surface area contributed by atoms with Crippen molar-refractivity contribution in [3.05, 3.63) is 71.6 Å². The van der Waals surface area contributed by atoms with Crippen LogP contribution in [0.25, 0.3) is 11.4 Å². The molecule has 2 aromatic carbocycles. The average Bonchev–Trinajstić information content (AvgIpc) is 3.27. The van der Waals surface area contributed by atoms with E-state index >= 15 is 0 Å². The maximum Gasteiger partial charge on any atom is 0.416 e. The van der Waals surface area contributed by atoms with E-state index in [1.165, 1.54) is 12.1 Å². The second kappa shape index (κ2) is 6.97. The molecule has 2 heterocycles. The van der Waals surface area contributed by atoms with Gasteiger partial charge in [-0.2, -0.15) is 18.2 Å². The summed E-state index contributed by atoms with van der Waals surface area (Å²) >= 11 is 0. The number of carbonyl (C=O) groups is 2. The van der Waals surface area contributed by atoms with Crippen LogP contribution in [-0.4, -0.2) is 27.0 Å². The van der Waals surface area contributed by atoms with Gasteiger partial charge in [-0.15, -0.1) is 0 Å². The van der Waals surface area contributed by atoms with Gasteiger partial charge in [0.25, 0.3) is 5.91 Å². The minimum absolute atomic E-state index is 0.0225. The summed E-state index contributed by atoms with van der Waals surface area (Å²) in [4.78, 5) is 30.3. The Bertz CT molecular complexity index is 1100. The molecule has 0 aliphatic carbocycles. The van der Waals surface area contributed by atoms with Crippen molar-refractivity contribution in [1.82, 2.24) is 20.4 Å². The molecular formula is C20H15F3N4O3. The normalized spacial score (nSPS) is 19.3. The first-order chi connectivity index (χ1) is 14.2. The maximum absolute atomic E-state index is 12.9. The van der Waals surface area contributed by atoms with Crippen LogP contribution in [0, 0.1) is 0 Å². The third-order valence-electron chi connectivity index (χ3n) is 4.86. The molecule has 1 aliphatic heterocycles. The largest absolute Gasteiger partial charge is 0.416 e. The van der Waals surface area contributed by atoms with Gasteiger partial charge in [0.15, 0.2) is 0 Å². The number of hydrogen-bond acceptors (Lipinski definition) is 5. The van der Waals surface area contributed by atoms with Crippen molar-refractivity contribution >= 4 is 11.9 Å². The van der Waals surface area contributed by atoms with E-state index in [0.717, 1.165) is 17.0 Å². The summed E-state index contributed by atoms with van der Waals surface area (Å²) in [5, 5.41) is 6.39. The van der Waals surface area contributed by atoms with Gasteiger partial charge in [-0.1, -0.05) is 47.6 Å². The lowest BCUT2D eigenvalue weighted by molar-refractivity contribution is -0.137. The van der Waals surface area contributed by atoms with E-state index < -0.39 is 29.2 Å². The number of benzene rings is 2.